The van der Waals surface area contributed by atoms with E-state index in [9.17, 15) is 5.11 Å². The number of fused-ring (bicyclic) bond motifs is 1. The number of hydrogen-bond acceptors (Lipinski definition) is 3. The van der Waals surface area contributed by atoms with Gasteiger partial charge in [-0.2, -0.15) is 5.10 Å². The molecule has 2 aliphatic rings. The fourth-order valence-electron chi connectivity index (χ4n) is 4.52. The van der Waals surface area contributed by atoms with Crippen LogP contribution in [0.4, 0.5) is 0 Å². The lowest BCUT2D eigenvalue weighted by molar-refractivity contribution is -0.0967. The first-order valence-corrected chi connectivity index (χ1v) is 9.17. The van der Waals surface area contributed by atoms with E-state index in [2.05, 4.69) is 40.5 Å². The summed E-state index contributed by atoms with van der Waals surface area (Å²) in [5.74, 6) is 0.442. The molecule has 1 aliphatic heterocycles. The molecule has 2 aromatic rings. The van der Waals surface area contributed by atoms with Crippen molar-refractivity contribution in [3.05, 3.63) is 42.1 Å². The van der Waals surface area contributed by atoms with E-state index in [1.54, 1.807) is 0 Å². The monoisotopic (exact) mass is 325 g/mol. The van der Waals surface area contributed by atoms with Gasteiger partial charge in [-0.25, -0.2) is 0 Å². The minimum Gasteiger partial charge on any atom is -0.390 e. The summed E-state index contributed by atoms with van der Waals surface area (Å²) in [6.07, 6.45) is 7.68. The number of likely N-dealkylation sites (tertiary alicyclic amines) is 1. The van der Waals surface area contributed by atoms with E-state index in [-0.39, 0.29) is 0 Å². The molecule has 1 N–H and O–H groups in total. The Morgan fingerprint density at radius 1 is 1.21 bits per heavy atom. The largest absolute Gasteiger partial charge is 0.390 e. The van der Waals surface area contributed by atoms with Gasteiger partial charge in [-0.3, -0.25) is 9.58 Å². The van der Waals surface area contributed by atoms with Crippen LogP contribution in [0.2, 0.25) is 0 Å². The third kappa shape index (κ3) is 3.01. The molecule has 2 atom stereocenters. The summed E-state index contributed by atoms with van der Waals surface area (Å²) in [5, 5.41) is 15.6. The zero-order chi connectivity index (χ0) is 16.6. The lowest BCUT2D eigenvalue weighted by Gasteiger charge is -2.47. The van der Waals surface area contributed by atoms with Crippen LogP contribution < -0.4 is 0 Å². The van der Waals surface area contributed by atoms with Crippen LogP contribution in [0.1, 0.15) is 37.7 Å². The fraction of sp³-hybridized carbons (Fsp3) is 0.550. The third-order valence-corrected chi connectivity index (χ3v) is 5.86. The quantitative estimate of drug-likeness (QED) is 0.942. The second kappa shape index (κ2) is 6.34. The van der Waals surface area contributed by atoms with Crippen molar-refractivity contribution < 1.29 is 5.11 Å². The predicted molar refractivity (Wildman–Crippen MR) is 95.4 cm³/mol. The number of piperidine rings is 1. The van der Waals surface area contributed by atoms with E-state index in [1.165, 1.54) is 30.4 Å². The van der Waals surface area contributed by atoms with E-state index in [4.69, 9.17) is 0 Å². The Hall–Kier alpha value is -1.65. The minimum atomic E-state index is -0.397. The van der Waals surface area contributed by atoms with Crippen LogP contribution in [-0.2, 0) is 13.6 Å². The summed E-state index contributed by atoms with van der Waals surface area (Å²) in [4.78, 5) is 2.51. The predicted octanol–water partition coefficient (Wildman–Crippen LogP) is 3.21. The standard InChI is InChI=1S/C20H27N3O/c1-22-13-17(19(21-22)16-7-3-2-4-8-16)14-23-12-11-20(24)10-6-5-9-18(20)15-23/h2-4,7-8,13,18,24H,5-6,9-12,14-15H2,1H3. The van der Waals surface area contributed by atoms with Crippen molar-refractivity contribution >= 4 is 0 Å². The van der Waals surface area contributed by atoms with Gasteiger partial charge < -0.3 is 5.11 Å². The number of hydrogen-bond donors (Lipinski definition) is 1. The van der Waals surface area contributed by atoms with Gasteiger partial charge in [0.1, 0.15) is 0 Å². The molecule has 1 saturated carbocycles. The molecule has 2 fully saturated rings. The number of aliphatic hydroxyl groups is 1. The van der Waals surface area contributed by atoms with E-state index in [0.717, 1.165) is 38.2 Å². The maximum absolute atomic E-state index is 10.9. The molecule has 0 amide bonds. The lowest BCUT2D eigenvalue weighted by Crippen LogP contribution is -2.52. The van der Waals surface area contributed by atoms with Crippen molar-refractivity contribution in [3.8, 4) is 11.3 Å². The van der Waals surface area contributed by atoms with Crippen molar-refractivity contribution in [2.45, 2.75) is 44.2 Å². The van der Waals surface area contributed by atoms with Crippen LogP contribution in [-0.4, -0.2) is 38.5 Å². The average molecular weight is 325 g/mol. The lowest BCUT2D eigenvalue weighted by atomic mass is 9.71. The summed E-state index contributed by atoms with van der Waals surface area (Å²) in [7, 11) is 1.99. The van der Waals surface area contributed by atoms with Crippen molar-refractivity contribution in [1.29, 1.82) is 0 Å². The Morgan fingerprint density at radius 3 is 2.88 bits per heavy atom. The molecule has 0 radical (unpaired) electrons. The molecule has 128 valence electrons. The summed E-state index contributed by atoms with van der Waals surface area (Å²) in [5.41, 5.74) is 3.15. The SMILES string of the molecule is Cn1cc(CN2CCC3(O)CCCCC3C2)c(-c2ccccc2)n1. The van der Waals surface area contributed by atoms with Crippen LogP contribution in [0.25, 0.3) is 11.3 Å². The molecule has 1 aliphatic carbocycles. The molecule has 24 heavy (non-hydrogen) atoms. The van der Waals surface area contributed by atoms with E-state index >= 15 is 0 Å². The molecule has 4 heteroatoms. The van der Waals surface area contributed by atoms with Crippen LogP contribution in [0.15, 0.2) is 36.5 Å². The fourth-order valence-corrected chi connectivity index (χ4v) is 4.52. The maximum Gasteiger partial charge on any atom is 0.0968 e. The third-order valence-electron chi connectivity index (χ3n) is 5.86. The molecule has 4 nitrogen and oxygen atoms in total. The molecule has 2 unspecified atom stereocenters. The maximum atomic E-state index is 10.9. The van der Waals surface area contributed by atoms with Crippen LogP contribution >= 0.6 is 0 Å². The molecule has 1 saturated heterocycles. The molecular formula is C20H27N3O. The van der Waals surface area contributed by atoms with Gasteiger partial charge in [-0.15, -0.1) is 0 Å². The molecule has 1 aromatic heterocycles. The van der Waals surface area contributed by atoms with Crippen molar-refractivity contribution in [3.63, 3.8) is 0 Å². The van der Waals surface area contributed by atoms with Gasteiger partial charge in [0.15, 0.2) is 0 Å². The van der Waals surface area contributed by atoms with Crippen LogP contribution in [0, 0.1) is 5.92 Å². The Balaban J connectivity index is 1.52. The van der Waals surface area contributed by atoms with Crippen molar-refractivity contribution in [2.24, 2.45) is 13.0 Å². The zero-order valence-corrected chi connectivity index (χ0v) is 14.5. The van der Waals surface area contributed by atoms with Crippen molar-refractivity contribution in [1.82, 2.24) is 14.7 Å². The topological polar surface area (TPSA) is 41.3 Å². The first kappa shape index (κ1) is 15.9. The van der Waals surface area contributed by atoms with Crippen molar-refractivity contribution in [2.75, 3.05) is 13.1 Å². The summed E-state index contributed by atoms with van der Waals surface area (Å²) < 4.78 is 1.92. The molecule has 4 rings (SSSR count). The molecule has 0 bridgehead atoms. The van der Waals surface area contributed by atoms with Gasteiger partial charge in [0.25, 0.3) is 0 Å². The number of aromatic nitrogens is 2. The van der Waals surface area contributed by atoms with Gasteiger partial charge in [-0.1, -0.05) is 43.2 Å². The highest BCUT2D eigenvalue weighted by atomic mass is 16.3. The average Bonchev–Trinajstić information content (AvgIpc) is 2.96. The van der Waals surface area contributed by atoms with Gasteiger partial charge in [0.2, 0.25) is 0 Å². The highest BCUT2D eigenvalue weighted by Crippen LogP contribution is 2.40. The highest BCUT2D eigenvalue weighted by molar-refractivity contribution is 5.62. The smallest absolute Gasteiger partial charge is 0.0968 e. The van der Waals surface area contributed by atoms with Gasteiger partial charge in [0.05, 0.1) is 11.3 Å². The Kier molecular flexibility index (Phi) is 4.19. The molecule has 1 aromatic carbocycles. The normalized spacial score (nSPS) is 27.8. The molecule has 0 spiro atoms. The second-order valence-corrected chi connectivity index (χ2v) is 7.57. The van der Waals surface area contributed by atoms with Gasteiger partial charge in [0, 0.05) is 49.9 Å². The zero-order valence-electron chi connectivity index (χ0n) is 14.5. The summed E-state index contributed by atoms with van der Waals surface area (Å²) in [6, 6.07) is 10.4. The number of aryl methyl sites for hydroxylation is 1. The Labute approximate surface area is 144 Å². The second-order valence-electron chi connectivity index (χ2n) is 7.57. The van der Waals surface area contributed by atoms with E-state index < -0.39 is 5.60 Å². The van der Waals surface area contributed by atoms with Crippen LogP contribution in [0.3, 0.4) is 0 Å². The van der Waals surface area contributed by atoms with E-state index in [1.807, 2.05) is 17.8 Å². The summed E-state index contributed by atoms with van der Waals surface area (Å²) in [6.45, 7) is 2.92. The van der Waals surface area contributed by atoms with Gasteiger partial charge >= 0.3 is 0 Å². The first-order valence-electron chi connectivity index (χ1n) is 9.17. The van der Waals surface area contributed by atoms with Crippen LogP contribution in [0.5, 0.6) is 0 Å². The number of nitrogens with zero attached hydrogens (tertiary/aromatic N) is 3. The number of rotatable bonds is 3. The first-order chi connectivity index (χ1) is 11.6. The highest BCUT2D eigenvalue weighted by Gasteiger charge is 2.42. The Bertz CT molecular complexity index is 696. The Morgan fingerprint density at radius 2 is 2.04 bits per heavy atom. The number of benzene rings is 1. The molecular weight excluding hydrogens is 298 g/mol. The van der Waals surface area contributed by atoms with E-state index in [0.29, 0.717) is 5.92 Å². The minimum absolute atomic E-state index is 0.397. The summed E-state index contributed by atoms with van der Waals surface area (Å²) >= 11 is 0. The van der Waals surface area contributed by atoms with Gasteiger partial charge in [-0.05, 0) is 19.3 Å². The molecule has 2 heterocycles.